The molecule has 0 aromatic rings. The van der Waals surface area contributed by atoms with Gasteiger partial charge < -0.3 is 0 Å². The molecular weight excluding hydrogens is 183 g/mol. The molecule has 78 valence electrons. The molecule has 0 aliphatic heterocycles. The van der Waals surface area contributed by atoms with Gasteiger partial charge in [-0.05, 0) is 56.3 Å². The van der Waals surface area contributed by atoms with Crippen molar-refractivity contribution in [3.63, 3.8) is 0 Å². The second-order valence-corrected chi connectivity index (χ2v) is 5.56. The van der Waals surface area contributed by atoms with Crippen LogP contribution in [-0.2, 0) is 9.74 Å². The van der Waals surface area contributed by atoms with Crippen LogP contribution in [0, 0.1) is 23.2 Å². The highest BCUT2D eigenvalue weighted by molar-refractivity contribution is 5.76. The maximum atomic E-state index is 12.0. The third-order valence-corrected chi connectivity index (χ3v) is 4.54. The highest BCUT2D eigenvalue weighted by Gasteiger charge is 2.55. The number of carbonyl (C=O) groups excluding carboxylic acids is 1. The van der Waals surface area contributed by atoms with Crippen LogP contribution in [-0.4, -0.2) is 5.97 Å². The van der Waals surface area contributed by atoms with Gasteiger partial charge in [-0.1, -0.05) is 0 Å². The summed E-state index contributed by atoms with van der Waals surface area (Å²) in [6.45, 7) is 0. The van der Waals surface area contributed by atoms with Crippen LogP contribution in [0.25, 0.3) is 0 Å². The Hall–Kier alpha value is -0.600. The summed E-state index contributed by atoms with van der Waals surface area (Å²) in [5.41, 5.74) is -0.427. The van der Waals surface area contributed by atoms with Crippen LogP contribution in [0.5, 0.6) is 0 Å². The molecule has 0 radical (unpaired) electrons. The van der Waals surface area contributed by atoms with E-state index in [1.165, 1.54) is 19.3 Å². The third-order valence-electron chi connectivity index (χ3n) is 4.54. The fourth-order valence-corrected chi connectivity index (χ4v) is 4.44. The van der Waals surface area contributed by atoms with E-state index in [1.807, 2.05) is 0 Å². The maximum absolute atomic E-state index is 12.0. The molecule has 0 saturated heterocycles. The minimum Gasteiger partial charge on any atom is -0.254 e. The molecule has 14 heavy (non-hydrogen) atoms. The van der Waals surface area contributed by atoms with E-state index in [2.05, 4.69) is 4.94 Å². The van der Waals surface area contributed by atoms with Crippen molar-refractivity contribution < 1.29 is 14.3 Å². The summed E-state index contributed by atoms with van der Waals surface area (Å²) in [6, 6.07) is 0. The van der Waals surface area contributed by atoms with Crippen LogP contribution < -0.4 is 0 Å². The van der Waals surface area contributed by atoms with Gasteiger partial charge in [-0.25, -0.2) is 4.79 Å². The molecular formula is C11H15FO2. The van der Waals surface area contributed by atoms with Crippen molar-refractivity contribution in [3.8, 4) is 0 Å². The lowest BCUT2D eigenvalue weighted by Crippen LogP contribution is -2.50. The molecule has 0 heterocycles. The maximum Gasteiger partial charge on any atom is 0.354 e. The van der Waals surface area contributed by atoms with Crippen molar-refractivity contribution >= 4 is 5.97 Å². The Kier molecular flexibility index (Phi) is 1.68. The molecule has 0 aromatic heterocycles. The Balaban J connectivity index is 1.91. The van der Waals surface area contributed by atoms with Gasteiger partial charge in [0.15, 0.2) is 0 Å². The number of hydrogen-bond donors (Lipinski definition) is 0. The van der Waals surface area contributed by atoms with Crippen LogP contribution in [0.15, 0.2) is 0 Å². The molecule has 3 heteroatoms. The first-order valence-corrected chi connectivity index (χ1v) is 5.55. The number of halogens is 1. The van der Waals surface area contributed by atoms with E-state index in [4.69, 9.17) is 0 Å². The van der Waals surface area contributed by atoms with Gasteiger partial charge in [-0.3, -0.25) is 4.94 Å². The monoisotopic (exact) mass is 198 g/mol. The average molecular weight is 198 g/mol. The van der Waals surface area contributed by atoms with Crippen LogP contribution in [0.1, 0.15) is 38.5 Å². The van der Waals surface area contributed by atoms with Crippen molar-refractivity contribution in [3.05, 3.63) is 0 Å². The first kappa shape index (κ1) is 8.69. The first-order chi connectivity index (χ1) is 6.72. The summed E-state index contributed by atoms with van der Waals surface area (Å²) in [7, 11) is 0. The zero-order valence-corrected chi connectivity index (χ0v) is 8.17. The minimum absolute atomic E-state index is 0.427. The molecule has 4 bridgehead atoms. The molecule has 4 saturated carbocycles. The smallest absolute Gasteiger partial charge is 0.254 e. The van der Waals surface area contributed by atoms with E-state index in [1.54, 1.807) is 0 Å². The van der Waals surface area contributed by atoms with Crippen LogP contribution in [0.3, 0.4) is 0 Å². The zero-order chi connectivity index (χ0) is 9.76. The van der Waals surface area contributed by atoms with Crippen LogP contribution in [0.2, 0.25) is 0 Å². The van der Waals surface area contributed by atoms with Gasteiger partial charge in [0.25, 0.3) is 0 Å². The van der Waals surface area contributed by atoms with E-state index in [0.717, 1.165) is 19.3 Å². The topological polar surface area (TPSA) is 26.3 Å². The van der Waals surface area contributed by atoms with Gasteiger partial charge >= 0.3 is 5.97 Å². The summed E-state index contributed by atoms with van der Waals surface area (Å²) in [5, 5.41) is 0. The van der Waals surface area contributed by atoms with E-state index in [-0.39, 0.29) is 0 Å². The fraction of sp³-hybridized carbons (Fsp3) is 0.909. The molecule has 0 unspecified atom stereocenters. The molecule has 4 aliphatic carbocycles. The van der Waals surface area contributed by atoms with Crippen molar-refractivity contribution in [2.24, 2.45) is 23.2 Å². The quantitative estimate of drug-likeness (QED) is 0.647. The summed E-state index contributed by atoms with van der Waals surface area (Å²) >= 11 is 0. The number of hydrogen-bond acceptors (Lipinski definition) is 2. The second-order valence-electron chi connectivity index (χ2n) is 5.56. The number of rotatable bonds is 1. The molecule has 0 aromatic carbocycles. The normalized spacial score (nSPS) is 49.4. The predicted molar refractivity (Wildman–Crippen MR) is 47.8 cm³/mol. The Bertz CT molecular complexity index is 239. The Morgan fingerprint density at radius 2 is 1.50 bits per heavy atom. The Morgan fingerprint density at radius 3 is 1.86 bits per heavy atom. The third kappa shape index (κ3) is 1.04. The molecule has 0 atom stereocenters. The summed E-state index contributed by atoms with van der Waals surface area (Å²) in [5.74, 6) is 1.41. The first-order valence-electron chi connectivity index (χ1n) is 5.55. The summed E-state index contributed by atoms with van der Waals surface area (Å²) < 4.78 is 12.0. The van der Waals surface area contributed by atoms with E-state index < -0.39 is 11.4 Å². The van der Waals surface area contributed by atoms with E-state index in [9.17, 15) is 9.32 Å². The van der Waals surface area contributed by atoms with Gasteiger partial charge in [-0.15, -0.1) is 0 Å². The SMILES string of the molecule is O=C(OF)C12CC3CC(CC(C3)C1)C2. The van der Waals surface area contributed by atoms with Gasteiger partial charge in [0.2, 0.25) is 0 Å². The fourth-order valence-electron chi connectivity index (χ4n) is 4.44. The molecule has 0 N–H and O–H groups in total. The van der Waals surface area contributed by atoms with Crippen molar-refractivity contribution in [1.82, 2.24) is 0 Å². The molecule has 4 rings (SSSR count). The average Bonchev–Trinajstić information content (AvgIpc) is 2.14. The minimum atomic E-state index is -0.586. The number of carbonyl (C=O) groups is 1. The lowest BCUT2D eigenvalue weighted by molar-refractivity contribution is -0.210. The van der Waals surface area contributed by atoms with Crippen molar-refractivity contribution in [2.45, 2.75) is 38.5 Å². The van der Waals surface area contributed by atoms with Gasteiger partial charge in [-0.2, -0.15) is 0 Å². The summed E-state index contributed by atoms with van der Waals surface area (Å²) in [4.78, 5) is 15.0. The molecule has 4 aliphatic rings. The zero-order valence-electron chi connectivity index (χ0n) is 8.17. The Morgan fingerprint density at radius 1 is 1.07 bits per heavy atom. The van der Waals surface area contributed by atoms with E-state index >= 15 is 0 Å². The van der Waals surface area contributed by atoms with Crippen molar-refractivity contribution in [2.75, 3.05) is 0 Å². The van der Waals surface area contributed by atoms with Crippen LogP contribution >= 0.6 is 0 Å². The molecule has 4 fully saturated rings. The van der Waals surface area contributed by atoms with Gasteiger partial charge in [0, 0.05) is 4.53 Å². The predicted octanol–water partition coefficient (Wildman–Crippen LogP) is 2.63. The lowest BCUT2D eigenvalue weighted by Gasteiger charge is -2.54. The lowest BCUT2D eigenvalue weighted by atomic mass is 9.49. The van der Waals surface area contributed by atoms with Crippen molar-refractivity contribution in [1.29, 1.82) is 0 Å². The van der Waals surface area contributed by atoms with Crippen LogP contribution in [0.4, 0.5) is 4.53 Å². The van der Waals surface area contributed by atoms with Gasteiger partial charge in [0.05, 0.1) is 5.41 Å². The second kappa shape index (κ2) is 2.71. The highest BCUT2D eigenvalue weighted by Crippen LogP contribution is 2.60. The highest BCUT2D eigenvalue weighted by atomic mass is 19.3. The standard InChI is InChI=1S/C11H15FO2/c12-14-10(13)11-4-7-1-8(5-11)3-9(2-7)6-11/h7-9H,1-6H2. The van der Waals surface area contributed by atoms with Gasteiger partial charge in [0.1, 0.15) is 0 Å². The van der Waals surface area contributed by atoms with E-state index in [0.29, 0.717) is 17.8 Å². The summed E-state index contributed by atoms with van der Waals surface area (Å²) in [6.07, 6.45) is 6.42. The molecule has 2 nitrogen and oxygen atoms in total. The molecule has 0 spiro atoms. The largest absolute Gasteiger partial charge is 0.354 e. The molecule has 0 amide bonds. The Labute approximate surface area is 82.7 Å².